The summed E-state index contributed by atoms with van der Waals surface area (Å²) >= 11 is 0. The number of amides is 2. The number of rotatable bonds is 4. The highest BCUT2D eigenvalue weighted by molar-refractivity contribution is 5.95. The zero-order valence-electron chi connectivity index (χ0n) is 14.1. The number of benzene rings is 1. The van der Waals surface area contributed by atoms with Gasteiger partial charge in [0.1, 0.15) is 0 Å². The van der Waals surface area contributed by atoms with Crippen molar-refractivity contribution in [1.29, 1.82) is 0 Å². The van der Waals surface area contributed by atoms with Gasteiger partial charge in [-0.05, 0) is 18.6 Å². The van der Waals surface area contributed by atoms with Crippen LogP contribution >= 0.6 is 0 Å². The van der Waals surface area contributed by atoms with E-state index in [0.717, 1.165) is 29.4 Å². The van der Waals surface area contributed by atoms with E-state index in [9.17, 15) is 9.59 Å². The lowest BCUT2D eigenvalue weighted by Crippen LogP contribution is -2.37. The molecular formula is C19H22N4O2. The number of aromatic nitrogens is 1. The Morgan fingerprint density at radius 3 is 2.80 bits per heavy atom. The molecule has 1 aliphatic heterocycles. The summed E-state index contributed by atoms with van der Waals surface area (Å²) in [7, 11) is 0. The van der Waals surface area contributed by atoms with Crippen molar-refractivity contribution >= 4 is 28.8 Å². The van der Waals surface area contributed by atoms with Gasteiger partial charge < -0.3 is 10.6 Å². The Hall–Kier alpha value is -2.73. The number of fused-ring (bicyclic) bond motifs is 1. The van der Waals surface area contributed by atoms with Gasteiger partial charge in [0.15, 0.2) is 0 Å². The molecule has 25 heavy (non-hydrogen) atoms. The highest BCUT2D eigenvalue weighted by Gasteiger charge is 2.18. The molecule has 1 fully saturated rings. The van der Waals surface area contributed by atoms with Gasteiger partial charge in [0.25, 0.3) is 0 Å². The standard InChI is InChI=1S/C19H22N4O2/c20-17(24)14-22-10-3-11-23(13-12-22)18(25)8-7-16-5-1-4-15-6-2-9-21-19(15)16/h1-2,4-9H,3,10-14H2,(H2,20,24)/b8-7+. The number of nitrogens with zero attached hydrogens (tertiary/aromatic N) is 3. The van der Waals surface area contributed by atoms with Crippen LogP contribution in [0.1, 0.15) is 12.0 Å². The van der Waals surface area contributed by atoms with Crippen LogP contribution in [0.3, 0.4) is 0 Å². The molecule has 2 heterocycles. The highest BCUT2D eigenvalue weighted by atomic mass is 16.2. The first kappa shape index (κ1) is 17.1. The van der Waals surface area contributed by atoms with Crippen molar-refractivity contribution in [3.8, 4) is 0 Å². The fourth-order valence-corrected chi connectivity index (χ4v) is 3.10. The number of hydrogen-bond donors (Lipinski definition) is 1. The monoisotopic (exact) mass is 338 g/mol. The van der Waals surface area contributed by atoms with Gasteiger partial charge >= 0.3 is 0 Å². The molecule has 2 N–H and O–H groups in total. The zero-order valence-corrected chi connectivity index (χ0v) is 14.1. The summed E-state index contributed by atoms with van der Waals surface area (Å²) < 4.78 is 0. The van der Waals surface area contributed by atoms with Crippen LogP contribution in [0.4, 0.5) is 0 Å². The molecule has 6 heteroatoms. The maximum absolute atomic E-state index is 12.5. The van der Waals surface area contributed by atoms with Gasteiger partial charge in [0.2, 0.25) is 11.8 Å². The average molecular weight is 338 g/mol. The topological polar surface area (TPSA) is 79.5 Å². The van der Waals surface area contributed by atoms with Crippen molar-refractivity contribution in [2.24, 2.45) is 5.73 Å². The minimum absolute atomic E-state index is 0.0196. The van der Waals surface area contributed by atoms with E-state index >= 15 is 0 Å². The van der Waals surface area contributed by atoms with E-state index in [0.29, 0.717) is 19.6 Å². The molecule has 2 amide bonds. The number of nitrogens with two attached hydrogens (primary N) is 1. The molecule has 3 rings (SSSR count). The fourth-order valence-electron chi connectivity index (χ4n) is 3.10. The molecule has 0 aliphatic carbocycles. The number of para-hydroxylation sites is 1. The Labute approximate surface area is 146 Å². The second-order valence-corrected chi connectivity index (χ2v) is 6.18. The van der Waals surface area contributed by atoms with Crippen molar-refractivity contribution < 1.29 is 9.59 Å². The van der Waals surface area contributed by atoms with Gasteiger partial charge in [-0.2, -0.15) is 0 Å². The van der Waals surface area contributed by atoms with Gasteiger partial charge in [-0.3, -0.25) is 19.5 Å². The van der Waals surface area contributed by atoms with Crippen molar-refractivity contribution in [2.45, 2.75) is 6.42 Å². The number of pyridine rings is 1. The third-order valence-electron chi connectivity index (χ3n) is 4.35. The maximum atomic E-state index is 12.5. The lowest BCUT2D eigenvalue weighted by atomic mass is 10.1. The molecule has 1 aromatic carbocycles. The molecule has 130 valence electrons. The Morgan fingerprint density at radius 1 is 1.12 bits per heavy atom. The van der Waals surface area contributed by atoms with Gasteiger partial charge in [-0.1, -0.05) is 24.3 Å². The van der Waals surface area contributed by atoms with Gasteiger partial charge in [0, 0.05) is 49.4 Å². The molecular weight excluding hydrogens is 316 g/mol. The first-order valence-electron chi connectivity index (χ1n) is 8.45. The SMILES string of the molecule is NC(=O)CN1CCCN(C(=O)/C=C/c2cccc3cccnc23)CC1. The number of primary amides is 1. The predicted molar refractivity (Wildman–Crippen MR) is 97.6 cm³/mol. The largest absolute Gasteiger partial charge is 0.369 e. The van der Waals surface area contributed by atoms with Crippen LogP contribution in [0.25, 0.3) is 17.0 Å². The summed E-state index contributed by atoms with van der Waals surface area (Å²) in [5.41, 5.74) is 7.06. The predicted octanol–water partition coefficient (Wildman–Crippen LogP) is 1.27. The van der Waals surface area contributed by atoms with Crippen molar-refractivity contribution in [1.82, 2.24) is 14.8 Å². The molecule has 1 saturated heterocycles. The second-order valence-electron chi connectivity index (χ2n) is 6.18. The number of carbonyl (C=O) groups excluding carboxylic acids is 2. The number of hydrogen-bond acceptors (Lipinski definition) is 4. The number of carbonyl (C=O) groups is 2. The molecule has 0 saturated carbocycles. The highest BCUT2D eigenvalue weighted by Crippen LogP contribution is 2.17. The summed E-state index contributed by atoms with van der Waals surface area (Å²) in [5, 5.41) is 1.05. The average Bonchev–Trinajstić information content (AvgIpc) is 2.84. The first-order valence-corrected chi connectivity index (χ1v) is 8.45. The minimum atomic E-state index is -0.330. The molecule has 0 bridgehead atoms. The first-order chi connectivity index (χ1) is 12.1. The van der Waals surface area contributed by atoms with Crippen LogP contribution in [0, 0.1) is 0 Å². The van der Waals surface area contributed by atoms with E-state index in [1.165, 1.54) is 0 Å². The summed E-state index contributed by atoms with van der Waals surface area (Å²) in [6.07, 6.45) is 6.02. The van der Waals surface area contributed by atoms with Gasteiger partial charge in [0.05, 0.1) is 12.1 Å². The Morgan fingerprint density at radius 2 is 1.96 bits per heavy atom. The summed E-state index contributed by atoms with van der Waals surface area (Å²) in [6.45, 7) is 2.98. The lowest BCUT2D eigenvalue weighted by molar-refractivity contribution is -0.125. The smallest absolute Gasteiger partial charge is 0.246 e. The van der Waals surface area contributed by atoms with Crippen LogP contribution in [0.5, 0.6) is 0 Å². The Kier molecular flexibility index (Phi) is 5.40. The maximum Gasteiger partial charge on any atom is 0.246 e. The quantitative estimate of drug-likeness (QED) is 0.852. The zero-order chi connectivity index (χ0) is 17.6. The van der Waals surface area contributed by atoms with Crippen molar-refractivity contribution in [3.63, 3.8) is 0 Å². The van der Waals surface area contributed by atoms with E-state index in [1.807, 2.05) is 46.2 Å². The van der Waals surface area contributed by atoms with E-state index in [2.05, 4.69) is 4.98 Å². The molecule has 0 radical (unpaired) electrons. The van der Waals surface area contributed by atoms with Crippen molar-refractivity contribution in [3.05, 3.63) is 48.2 Å². The third-order valence-corrected chi connectivity index (χ3v) is 4.35. The molecule has 0 atom stereocenters. The minimum Gasteiger partial charge on any atom is -0.369 e. The Bertz CT molecular complexity index is 798. The van der Waals surface area contributed by atoms with E-state index < -0.39 is 0 Å². The van der Waals surface area contributed by atoms with Gasteiger partial charge in [-0.25, -0.2) is 0 Å². The van der Waals surface area contributed by atoms with Crippen LogP contribution in [-0.4, -0.2) is 59.3 Å². The summed E-state index contributed by atoms with van der Waals surface area (Å²) in [5.74, 6) is -0.350. The normalized spacial score (nSPS) is 16.2. The molecule has 1 aliphatic rings. The lowest BCUT2D eigenvalue weighted by Gasteiger charge is -2.20. The molecule has 6 nitrogen and oxygen atoms in total. The van der Waals surface area contributed by atoms with Crippen LogP contribution in [0.15, 0.2) is 42.6 Å². The van der Waals surface area contributed by atoms with Gasteiger partial charge in [-0.15, -0.1) is 0 Å². The fraction of sp³-hybridized carbons (Fsp3) is 0.316. The third kappa shape index (κ3) is 4.42. The van der Waals surface area contributed by atoms with Crippen LogP contribution in [0.2, 0.25) is 0 Å². The van der Waals surface area contributed by atoms with E-state index in [-0.39, 0.29) is 18.4 Å². The van der Waals surface area contributed by atoms with Crippen LogP contribution in [-0.2, 0) is 9.59 Å². The molecule has 0 spiro atoms. The van der Waals surface area contributed by atoms with Crippen LogP contribution < -0.4 is 5.73 Å². The Balaban J connectivity index is 1.67. The van der Waals surface area contributed by atoms with Crippen molar-refractivity contribution in [2.75, 3.05) is 32.7 Å². The van der Waals surface area contributed by atoms with E-state index in [1.54, 1.807) is 12.3 Å². The summed E-state index contributed by atoms with van der Waals surface area (Å²) in [6, 6.07) is 9.82. The van der Waals surface area contributed by atoms with E-state index in [4.69, 9.17) is 5.73 Å². The second kappa shape index (κ2) is 7.90. The molecule has 0 unspecified atom stereocenters. The molecule has 1 aromatic heterocycles. The summed E-state index contributed by atoms with van der Waals surface area (Å²) in [4.78, 5) is 31.7. The molecule has 2 aromatic rings.